The minimum atomic E-state index is 0.277. The number of nitrogens with one attached hydrogen (secondary N) is 1. The van der Waals surface area contributed by atoms with Gasteiger partial charge < -0.3 is 5.32 Å². The van der Waals surface area contributed by atoms with Crippen LogP contribution in [0.5, 0.6) is 0 Å². The highest BCUT2D eigenvalue weighted by Gasteiger charge is 2.14. The Morgan fingerprint density at radius 1 is 1.35 bits per heavy atom. The average Bonchev–Trinajstić information content (AvgIpc) is 2.89. The quantitative estimate of drug-likeness (QED) is 0.874. The van der Waals surface area contributed by atoms with E-state index in [0.717, 1.165) is 13.0 Å². The van der Waals surface area contributed by atoms with Crippen LogP contribution >= 0.6 is 11.3 Å². The molecule has 0 aliphatic carbocycles. The second-order valence-electron chi connectivity index (χ2n) is 3.99. The lowest BCUT2D eigenvalue weighted by atomic mass is 10.0. The molecule has 1 N–H and O–H groups in total. The molecule has 17 heavy (non-hydrogen) atoms. The molecule has 0 fully saturated rings. The van der Waals surface area contributed by atoms with E-state index >= 15 is 0 Å². The fraction of sp³-hybridized carbons (Fsp3) is 0.357. The second kappa shape index (κ2) is 5.94. The van der Waals surface area contributed by atoms with Crippen LogP contribution in [-0.2, 0) is 6.42 Å². The number of hydrogen-bond donors (Lipinski definition) is 1. The predicted molar refractivity (Wildman–Crippen MR) is 73.5 cm³/mol. The molecule has 0 aliphatic rings. The highest BCUT2D eigenvalue weighted by atomic mass is 32.1. The van der Waals surface area contributed by atoms with E-state index in [9.17, 15) is 0 Å². The number of benzene rings is 1. The lowest BCUT2D eigenvalue weighted by Gasteiger charge is -2.17. The number of rotatable bonds is 5. The molecule has 0 saturated heterocycles. The van der Waals surface area contributed by atoms with E-state index < -0.39 is 0 Å². The minimum absolute atomic E-state index is 0.277. The Labute approximate surface area is 107 Å². The number of nitrogens with zero attached hydrogens (tertiary/aromatic N) is 1. The summed E-state index contributed by atoms with van der Waals surface area (Å²) < 4.78 is 0. The third-order valence-electron chi connectivity index (χ3n) is 2.84. The lowest BCUT2D eigenvalue weighted by Crippen LogP contribution is -2.21. The van der Waals surface area contributed by atoms with Gasteiger partial charge in [0.15, 0.2) is 0 Å². The molecule has 3 heteroatoms. The first-order chi connectivity index (χ1) is 8.35. The van der Waals surface area contributed by atoms with Gasteiger partial charge in [-0.15, -0.1) is 11.3 Å². The Kier molecular flexibility index (Phi) is 4.29. The molecule has 1 atom stereocenters. The Morgan fingerprint density at radius 3 is 2.88 bits per heavy atom. The summed E-state index contributed by atoms with van der Waals surface area (Å²) in [4.78, 5) is 5.45. The summed E-state index contributed by atoms with van der Waals surface area (Å²) in [5.74, 6) is 0. The van der Waals surface area contributed by atoms with Gasteiger partial charge in [0, 0.05) is 11.1 Å². The van der Waals surface area contributed by atoms with Crippen LogP contribution in [0.3, 0.4) is 0 Å². The molecule has 0 spiro atoms. The molecule has 0 saturated carbocycles. The highest BCUT2D eigenvalue weighted by molar-refractivity contribution is 7.09. The maximum atomic E-state index is 4.17. The molecule has 2 aromatic rings. The third-order valence-corrected chi connectivity index (χ3v) is 3.68. The smallest absolute Gasteiger partial charge is 0.0794 e. The Balaban J connectivity index is 2.32. The van der Waals surface area contributed by atoms with E-state index in [0.29, 0.717) is 0 Å². The summed E-state index contributed by atoms with van der Waals surface area (Å²) in [5.41, 5.74) is 4.61. The van der Waals surface area contributed by atoms with Gasteiger partial charge in [0.25, 0.3) is 0 Å². The topological polar surface area (TPSA) is 24.9 Å². The van der Waals surface area contributed by atoms with Gasteiger partial charge in [0.05, 0.1) is 11.6 Å². The molecule has 1 heterocycles. The minimum Gasteiger partial charge on any atom is -0.306 e. The van der Waals surface area contributed by atoms with Crippen molar-refractivity contribution < 1.29 is 0 Å². The summed E-state index contributed by atoms with van der Waals surface area (Å²) in [6.07, 6.45) is 3.03. The number of thiazole rings is 1. The summed E-state index contributed by atoms with van der Waals surface area (Å²) >= 11 is 1.71. The molecule has 1 aromatic heterocycles. The van der Waals surface area contributed by atoms with Crippen molar-refractivity contribution in [1.29, 1.82) is 0 Å². The van der Waals surface area contributed by atoms with Crippen LogP contribution < -0.4 is 5.32 Å². The second-order valence-corrected chi connectivity index (χ2v) is 4.91. The van der Waals surface area contributed by atoms with E-state index in [2.05, 4.69) is 48.4 Å². The summed E-state index contributed by atoms with van der Waals surface area (Å²) in [5, 5.41) is 3.52. The first-order valence-corrected chi connectivity index (χ1v) is 6.93. The van der Waals surface area contributed by atoms with E-state index in [1.165, 1.54) is 16.0 Å². The third kappa shape index (κ3) is 2.93. The number of aryl methyl sites for hydroxylation is 1. The fourth-order valence-corrected chi connectivity index (χ4v) is 2.67. The van der Waals surface area contributed by atoms with Crippen molar-refractivity contribution in [3.05, 3.63) is 52.0 Å². The van der Waals surface area contributed by atoms with E-state index in [4.69, 9.17) is 0 Å². The van der Waals surface area contributed by atoms with Crippen LogP contribution in [0.15, 0.2) is 36.0 Å². The molecule has 1 unspecified atom stereocenters. The normalized spacial score (nSPS) is 12.6. The first kappa shape index (κ1) is 12.3. The van der Waals surface area contributed by atoms with Gasteiger partial charge in [0.1, 0.15) is 0 Å². The Morgan fingerprint density at radius 2 is 2.24 bits per heavy atom. The zero-order chi connectivity index (χ0) is 12.1. The molecule has 2 rings (SSSR count). The molecule has 2 nitrogen and oxygen atoms in total. The zero-order valence-electron chi connectivity index (χ0n) is 10.3. The standard InChI is InChI=1S/C14H18N2S/c1-3-11-6-5-7-12(8-11)14(16-4-2)13-9-15-10-17-13/h5-10,14,16H,3-4H2,1-2H3. The van der Waals surface area contributed by atoms with Crippen LogP contribution in [-0.4, -0.2) is 11.5 Å². The van der Waals surface area contributed by atoms with Crippen molar-refractivity contribution in [2.24, 2.45) is 0 Å². The van der Waals surface area contributed by atoms with Crippen LogP contribution in [0.25, 0.3) is 0 Å². The van der Waals surface area contributed by atoms with Gasteiger partial charge in [-0.25, -0.2) is 0 Å². The highest BCUT2D eigenvalue weighted by Crippen LogP contribution is 2.25. The monoisotopic (exact) mass is 246 g/mol. The molecule has 0 radical (unpaired) electrons. The Hall–Kier alpha value is -1.19. The van der Waals surface area contributed by atoms with Crippen molar-refractivity contribution in [3.8, 4) is 0 Å². The van der Waals surface area contributed by atoms with E-state index in [-0.39, 0.29) is 6.04 Å². The first-order valence-electron chi connectivity index (χ1n) is 6.05. The van der Waals surface area contributed by atoms with Crippen molar-refractivity contribution in [2.75, 3.05) is 6.54 Å². The Bertz CT molecular complexity index is 451. The zero-order valence-corrected chi connectivity index (χ0v) is 11.1. The van der Waals surface area contributed by atoms with Crippen LogP contribution in [0.4, 0.5) is 0 Å². The summed E-state index contributed by atoms with van der Waals surface area (Å²) in [6, 6.07) is 9.07. The van der Waals surface area contributed by atoms with Gasteiger partial charge in [-0.2, -0.15) is 0 Å². The van der Waals surface area contributed by atoms with Gasteiger partial charge >= 0.3 is 0 Å². The molecule has 90 valence electrons. The molecular weight excluding hydrogens is 228 g/mol. The number of aromatic nitrogens is 1. The van der Waals surface area contributed by atoms with Gasteiger partial charge in [-0.05, 0) is 24.1 Å². The fourth-order valence-electron chi connectivity index (χ4n) is 1.95. The summed E-state index contributed by atoms with van der Waals surface area (Å²) in [7, 11) is 0. The van der Waals surface area contributed by atoms with Crippen molar-refractivity contribution in [1.82, 2.24) is 10.3 Å². The predicted octanol–water partition coefficient (Wildman–Crippen LogP) is 3.40. The average molecular weight is 246 g/mol. The van der Waals surface area contributed by atoms with Crippen LogP contribution in [0.2, 0.25) is 0 Å². The maximum absolute atomic E-state index is 4.17. The van der Waals surface area contributed by atoms with Crippen molar-refractivity contribution in [3.63, 3.8) is 0 Å². The number of hydrogen-bond acceptors (Lipinski definition) is 3. The SMILES string of the molecule is CCNC(c1cccc(CC)c1)c1cncs1. The van der Waals surface area contributed by atoms with E-state index in [1.807, 2.05) is 11.7 Å². The van der Waals surface area contributed by atoms with Crippen molar-refractivity contribution >= 4 is 11.3 Å². The van der Waals surface area contributed by atoms with Gasteiger partial charge in [-0.1, -0.05) is 38.1 Å². The van der Waals surface area contributed by atoms with E-state index in [1.54, 1.807) is 11.3 Å². The maximum Gasteiger partial charge on any atom is 0.0794 e. The van der Waals surface area contributed by atoms with Crippen LogP contribution in [0, 0.1) is 0 Å². The summed E-state index contributed by atoms with van der Waals surface area (Å²) in [6.45, 7) is 5.28. The molecule has 0 amide bonds. The lowest BCUT2D eigenvalue weighted by molar-refractivity contribution is 0.638. The molecular formula is C14H18N2S. The molecule has 1 aromatic carbocycles. The molecule has 0 aliphatic heterocycles. The molecule has 0 bridgehead atoms. The van der Waals surface area contributed by atoms with Crippen LogP contribution in [0.1, 0.15) is 35.9 Å². The van der Waals surface area contributed by atoms with Crippen molar-refractivity contribution in [2.45, 2.75) is 26.3 Å². The van der Waals surface area contributed by atoms with Gasteiger partial charge in [-0.3, -0.25) is 4.98 Å². The largest absolute Gasteiger partial charge is 0.306 e. The van der Waals surface area contributed by atoms with Gasteiger partial charge in [0.2, 0.25) is 0 Å².